The zero-order valence-electron chi connectivity index (χ0n) is 11.3. The van der Waals surface area contributed by atoms with Gasteiger partial charge in [-0.05, 0) is 6.07 Å². The molecular formula is C14H18N2O4. The van der Waals surface area contributed by atoms with Crippen LogP contribution < -0.4 is 10.1 Å². The number of para-hydroxylation sites is 1. The van der Waals surface area contributed by atoms with Gasteiger partial charge < -0.3 is 20.1 Å². The summed E-state index contributed by atoms with van der Waals surface area (Å²) in [6.45, 7) is 1.30. The first-order chi connectivity index (χ1) is 9.63. The minimum absolute atomic E-state index is 0.147. The van der Waals surface area contributed by atoms with E-state index in [0.717, 1.165) is 5.56 Å². The van der Waals surface area contributed by atoms with Crippen molar-refractivity contribution in [2.45, 2.75) is 12.5 Å². The summed E-state index contributed by atoms with van der Waals surface area (Å²) in [6, 6.07) is 6.46. The molecule has 1 aromatic carbocycles. The van der Waals surface area contributed by atoms with E-state index in [4.69, 9.17) is 9.84 Å². The average Bonchev–Trinajstić information content (AvgIpc) is 2.47. The van der Waals surface area contributed by atoms with Crippen molar-refractivity contribution >= 4 is 11.9 Å². The minimum atomic E-state index is -0.981. The number of amides is 1. The predicted octanol–water partition coefficient (Wildman–Crippen LogP) is 0.123. The van der Waals surface area contributed by atoms with Gasteiger partial charge >= 0.3 is 5.97 Å². The maximum atomic E-state index is 12.3. The Morgan fingerprint density at radius 3 is 2.90 bits per heavy atom. The largest absolute Gasteiger partial charge is 0.496 e. The zero-order valence-corrected chi connectivity index (χ0v) is 11.3. The fourth-order valence-electron chi connectivity index (χ4n) is 2.34. The molecular weight excluding hydrogens is 260 g/mol. The number of piperazine rings is 1. The van der Waals surface area contributed by atoms with Gasteiger partial charge in [0.05, 0.1) is 13.5 Å². The van der Waals surface area contributed by atoms with E-state index in [1.54, 1.807) is 13.2 Å². The van der Waals surface area contributed by atoms with Crippen molar-refractivity contribution in [3.63, 3.8) is 0 Å². The first kappa shape index (κ1) is 14.3. The number of hydrogen-bond donors (Lipinski definition) is 2. The van der Waals surface area contributed by atoms with Crippen molar-refractivity contribution in [3.05, 3.63) is 29.8 Å². The molecule has 20 heavy (non-hydrogen) atoms. The quantitative estimate of drug-likeness (QED) is 0.818. The Morgan fingerprint density at radius 1 is 1.45 bits per heavy atom. The van der Waals surface area contributed by atoms with Gasteiger partial charge in [-0.1, -0.05) is 18.2 Å². The smallest absolute Gasteiger partial charge is 0.327 e. The van der Waals surface area contributed by atoms with Crippen molar-refractivity contribution in [2.24, 2.45) is 0 Å². The van der Waals surface area contributed by atoms with Gasteiger partial charge in [0, 0.05) is 25.2 Å². The lowest BCUT2D eigenvalue weighted by atomic mass is 10.1. The van der Waals surface area contributed by atoms with Gasteiger partial charge in [-0.25, -0.2) is 4.79 Å². The van der Waals surface area contributed by atoms with Crippen molar-refractivity contribution in [1.29, 1.82) is 0 Å². The van der Waals surface area contributed by atoms with Gasteiger partial charge in [-0.15, -0.1) is 0 Å². The fourth-order valence-corrected chi connectivity index (χ4v) is 2.34. The number of nitrogens with zero attached hydrogens (tertiary/aromatic N) is 1. The summed E-state index contributed by atoms with van der Waals surface area (Å²) in [5.41, 5.74) is 0.766. The molecule has 2 rings (SSSR count). The van der Waals surface area contributed by atoms with Crippen LogP contribution in [0.25, 0.3) is 0 Å². The number of nitrogens with one attached hydrogen (secondary N) is 1. The standard InChI is InChI=1S/C14H18N2O4/c1-20-12-5-3-2-4-10(12)8-13(17)16-7-6-15-9-11(16)14(18)19/h2-5,11,15H,6-9H2,1H3,(H,18,19). The minimum Gasteiger partial charge on any atom is -0.496 e. The van der Waals surface area contributed by atoms with Crippen molar-refractivity contribution in [1.82, 2.24) is 10.2 Å². The van der Waals surface area contributed by atoms with E-state index in [1.165, 1.54) is 4.90 Å². The number of hydrogen-bond acceptors (Lipinski definition) is 4. The normalized spacial score (nSPS) is 18.6. The Kier molecular flexibility index (Phi) is 4.57. The van der Waals surface area contributed by atoms with Crippen LogP contribution in [0.2, 0.25) is 0 Å². The van der Waals surface area contributed by atoms with Crippen LogP contribution in [-0.4, -0.2) is 54.7 Å². The lowest BCUT2D eigenvalue weighted by Gasteiger charge is -2.33. The molecule has 6 heteroatoms. The first-order valence-corrected chi connectivity index (χ1v) is 6.48. The molecule has 1 amide bonds. The summed E-state index contributed by atoms with van der Waals surface area (Å²) < 4.78 is 5.21. The molecule has 6 nitrogen and oxygen atoms in total. The van der Waals surface area contributed by atoms with Crippen LogP contribution >= 0.6 is 0 Å². The van der Waals surface area contributed by atoms with Crippen molar-refractivity contribution in [3.8, 4) is 5.75 Å². The van der Waals surface area contributed by atoms with E-state index in [1.807, 2.05) is 18.2 Å². The SMILES string of the molecule is COc1ccccc1CC(=O)N1CCNCC1C(=O)O. The molecule has 1 heterocycles. The first-order valence-electron chi connectivity index (χ1n) is 6.48. The molecule has 0 aromatic heterocycles. The summed E-state index contributed by atoms with van der Waals surface area (Å²) in [5, 5.41) is 12.2. The number of rotatable bonds is 4. The number of benzene rings is 1. The number of carbonyl (C=O) groups excluding carboxylic acids is 1. The molecule has 1 fully saturated rings. The predicted molar refractivity (Wildman–Crippen MR) is 72.7 cm³/mol. The van der Waals surface area contributed by atoms with Crippen LogP contribution in [0.3, 0.4) is 0 Å². The molecule has 1 unspecified atom stereocenters. The highest BCUT2D eigenvalue weighted by Gasteiger charge is 2.31. The van der Waals surface area contributed by atoms with E-state index in [-0.39, 0.29) is 18.9 Å². The third-order valence-corrected chi connectivity index (χ3v) is 3.38. The highest BCUT2D eigenvalue weighted by atomic mass is 16.5. The third-order valence-electron chi connectivity index (χ3n) is 3.38. The monoisotopic (exact) mass is 278 g/mol. The second-order valence-corrected chi connectivity index (χ2v) is 4.63. The van der Waals surface area contributed by atoms with Gasteiger partial charge in [0.15, 0.2) is 0 Å². The van der Waals surface area contributed by atoms with Crippen LogP contribution in [-0.2, 0) is 16.0 Å². The van der Waals surface area contributed by atoms with Gasteiger partial charge in [-0.3, -0.25) is 4.79 Å². The lowest BCUT2D eigenvalue weighted by Crippen LogP contribution is -2.57. The maximum absolute atomic E-state index is 12.3. The van der Waals surface area contributed by atoms with Crippen molar-refractivity contribution in [2.75, 3.05) is 26.7 Å². The molecule has 1 atom stereocenters. The summed E-state index contributed by atoms with van der Waals surface area (Å²) in [5.74, 6) is -0.531. The summed E-state index contributed by atoms with van der Waals surface area (Å²) in [7, 11) is 1.55. The maximum Gasteiger partial charge on any atom is 0.327 e. The molecule has 0 spiro atoms. The Morgan fingerprint density at radius 2 is 2.20 bits per heavy atom. The van der Waals surface area contributed by atoms with Gasteiger partial charge in [0.2, 0.25) is 5.91 Å². The van der Waals surface area contributed by atoms with E-state index >= 15 is 0 Å². The Bertz CT molecular complexity index is 504. The van der Waals surface area contributed by atoms with Crippen molar-refractivity contribution < 1.29 is 19.4 Å². The molecule has 0 radical (unpaired) electrons. The number of carboxylic acids is 1. The second kappa shape index (κ2) is 6.38. The molecule has 108 valence electrons. The molecule has 1 saturated heterocycles. The van der Waals surface area contributed by atoms with Gasteiger partial charge in [0.25, 0.3) is 0 Å². The van der Waals surface area contributed by atoms with Crippen LogP contribution in [0.5, 0.6) is 5.75 Å². The molecule has 0 aliphatic carbocycles. The van der Waals surface area contributed by atoms with Crippen LogP contribution in [0.4, 0.5) is 0 Å². The Labute approximate surface area is 117 Å². The van der Waals surface area contributed by atoms with Crippen LogP contribution in [0.15, 0.2) is 24.3 Å². The number of carbonyl (C=O) groups is 2. The fraction of sp³-hybridized carbons (Fsp3) is 0.429. The highest BCUT2D eigenvalue weighted by Crippen LogP contribution is 2.19. The molecule has 1 aromatic rings. The number of ether oxygens (including phenoxy) is 1. The van der Waals surface area contributed by atoms with Crippen LogP contribution in [0.1, 0.15) is 5.56 Å². The number of aliphatic carboxylic acids is 1. The topological polar surface area (TPSA) is 78.9 Å². The summed E-state index contributed by atoms with van der Waals surface area (Å²) in [4.78, 5) is 24.9. The van der Waals surface area contributed by atoms with Gasteiger partial charge in [-0.2, -0.15) is 0 Å². The van der Waals surface area contributed by atoms with E-state index in [0.29, 0.717) is 18.8 Å². The lowest BCUT2D eigenvalue weighted by molar-refractivity contribution is -0.151. The Hall–Kier alpha value is -2.08. The van der Waals surface area contributed by atoms with Crippen LogP contribution in [0, 0.1) is 0 Å². The Balaban J connectivity index is 2.12. The van der Waals surface area contributed by atoms with E-state index in [9.17, 15) is 9.59 Å². The van der Waals surface area contributed by atoms with E-state index < -0.39 is 12.0 Å². The molecule has 0 saturated carbocycles. The summed E-state index contributed by atoms with van der Waals surface area (Å²) in [6.07, 6.45) is 0.147. The third kappa shape index (κ3) is 3.08. The zero-order chi connectivity index (χ0) is 14.5. The molecule has 1 aliphatic heterocycles. The molecule has 1 aliphatic rings. The molecule has 2 N–H and O–H groups in total. The number of carboxylic acid groups (broad SMARTS) is 1. The summed E-state index contributed by atoms with van der Waals surface area (Å²) >= 11 is 0. The van der Waals surface area contributed by atoms with E-state index in [2.05, 4.69) is 5.32 Å². The van der Waals surface area contributed by atoms with Gasteiger partial charge in [0.1, 0.15) is 11.8 Å². The second-order valence-electron chi connectivity index (χ2n) is 4.63. The highest BCUT2D eigenvalue weighted by molar-refractivity contribution is 5.85. The molecule has 0 bridgehead atoms. The average molecular weight is 278 g/mol. The number of methoxy groups -OCH3 is 1.